The van der Waals surface area contributed by atoms with Gasteiger partial charge in [0.2, 0.25) is 0 Å². The molecule has 0 bridgehead atoms. The van der Waals surface area contributed by atoms with Crippen molar-refractivity contribution in [1.82, 2.24) is 0 Å². The van der Waals surface area contributed by atoms with Gasteiger partial charge >= 0.3 is 167 Å². The fourth-order valence-electron chi connectivity index (χ4n) is 3.73. The first-order valence-corrected chi connectivity index (χ1v) is 18.1. The molecular formula is C24H40OSn. The monoisotopic (exact) mass is 464 g/mol. The molecule has 0 heterocycles. The Morgan fingerprint density at radius 1 is 0.885 bits per heavy atom. The summed E-state index contributed by atoms with van der Waals surface area (Å²) in [6.45, 7) is 7.75. The van der Waals surface area contributed by atoms with Gasteiger partial charge in [-0.25, -0.2) is 0 Å². The van der Waals surface area contributed by atoms with Crippen LogP contribution in [0.2, 0.25) is 13.3 Å². The van der Waals surface area contributed by atoms with Gasteiger partial charge in [0.1, 0.15) is 0 Å². The number of methoxy groups -OCH3 is 1. The van der Waals surface area contributed by atoms with Crippen molar-refractivity contribution in [3.63, 3.8) is 0 Å². The molecule has 1 aromatic rings. The van der Waals surface area contributed by atoms with Crippen molar-refractivity contribution in [2.75, 3.05) is 13.7 Å². The number of hydrogen-bond donors (Lipinski definition) is 0. The average Bonchev–Trinajstić information content (AvgIpc) is 2.68. The predicted molar refractivity (Wildman–Crippen MR) is 120 cm³/mol. The van der Waals surface area contributed by atoms with E-state index in [-0.39, 0.29) is 0 Å². The van der Waals surface area contributed by atoms with Gasteiger partial charge in [-0.2, -0.15) is 0 Å². The average molecular weight is 463 g/mol. The number of unbranched alkanes of at least 4 members (excludes halogenated alkanes) is 3. The molecule has 0 fully saturated rings. The summed E-state index contributed by atoms with van der Waals surface area (Å²) in [5.41, 5.74) is 1.36. The number of rotatable bonds is 14. The molecule has 1 aromatic carbocycles. The minimum absolute atomic E-state index is 0.712. The Morgan fingerprint density at radius 2 is 1.42 bits per heavy atom. The van der Waals surface area contributed by atoms with E-state index in [4.69, 9.17) is 4.74 Å². The third kappa shape index (κ3) is 8.43. The van der Waals surface area contributed by atoms with E-state index in [1.165, 1.54) is 57.4 Å². The van der Waals surface area contributed by atoms with Crippen LogP contribution in [0.1, 0.15) is 64.9 Å². The molecule has 26 heavy (non-hydrogen) atoms. The Morgan fingerprint density at radius 3 is 1.88 bits per heavy atom. The van der Waals surface area contributed by atoms with E-state index in [2.05, 4.69) is 69.3 Å². The summed E-state index contributed by atoms with van der Waals surface area (Å²) in [5.74, 6) is 0. The van der Waals surface area contributed by atoms with Crippen molar-refractivity contribution < 1.29 is 4.74 Å². The zero-order chi connectivity index (χ0) is 19.1. The van der Waals surface area contributed by atoms with Gasteiger partial charge in [-0.3, -0.25) is 0 Å². The molecule has 0 radical (unpaired) electrons. The molecule has 0 unspecified atom stereocenters. The van der Waals surface area contributed by atoms with Crippen molar-refractivity contribution in [3.8, 4) is 0 Å². The number of benzene rings is 1. The summed E-state index contributed by atoms with van der Waals surface area (Å²) < 4.78 is 11.5. The first kappa shape index (κ1) is 23.5. The third-order valence-electron chi connectivity index (χ3n) is 5.32. The number of allylic oxidation sites excluding steroid dienone is 2. The van der Waals surface area contributed by atoms with Crippen LogP contribution in [-0.2, 0) is 4.74 Å². The van der Waals surface area contributed by atoms with Crippen LogP contribution >= 0.6 is 0 Å². The Kier molecular flexibility index (Phi) is 13.1. The Bertz CT molecular complexity index is 496. The van der Waals surface area contributed by atoms with Gasteiger partial charge in [-0.05, 0) is 0 Å². The molecule has 0 aromatic heterocycles. The quantitative estimate of drug-likeness (QED) is 0.203. The van der Waals surface area contributed by atoms with Crippen LogP contribution in [0.4, 0.5) is 0 Å². The summed E-state index contributed by atoms with van der Waals surface area (Å²) in [5, 5.41) is 0. The van der Waals surface area contributed by atoms with Crippen LogP contribution in [0.5, 0.6) is 0 Å². The van der Waals surface area contributed by atoms with Crippen molar-refractivity contribution in [2.45, 2.75) is 72.6 Å². The maximum absolute atomic E-state index is 5.31. The minimum atomic E-state index is -2.42. The second kappa shape index (κ2) is 14.5. The van der Waals surface area contributed by atoms with Crippen LogP contribution in [0.3, 0.4) is 0 Å². The molecule has 0 saturated carbocycles. The van der Waals surface area contributed by atoms with Gasteiger partial charge in [0.05, 0.1) is 0 Å². The Balaban J connectivity index is 3.32. The molecule has 0 saturated heterocycles. The van der Waals surface area contributed by atoms with Gasteiger partial charge < -0.3 is 0 Å². The first-order chi connectivity index (χ1) is 12.7. The van der Waals surface area contributed by atoms with E-state index in [0.29, 0.717) is 6.61 Å². The summed E-state index contributed by atoms with van der Waals surface area (Å²) in [7, 11) is 1.78. The second-order valence-electron chi connectivity index (χ2n) is 7.46. The van der Waals surface area contributed by atoms with Crippen LogP contribution in [0.25, 0.3) is 6.08 Å². The number of hydrogen-bond acceptors (Lipinski definition) is 1. The summed E-state index contributed by atoms with van der Waals surface area (Å²) >= 11 is -2.42. The topological polar surface area (TPSA) is 9.23 Å². The van der Waals surface area contributed by atoms with Gasteiger partial charge in [0.25, 0.3) is 0 Å². The van der Waals surface area contributed by atoms with E-state index < -0.39 is 18.4 Å². The van der Waals surface area contributed by atoms with Gasteiger partial charge in [0, 0.05) is 0 Å². The summed E-state index contributed by atoms with van der Waals surface area (Å²) in [4.78, 5) is 0. The van der Waals surface area contributed by atoms with Crippen LogP contribution in [0.15, 0.2) is 46.1 Å². The normalized spacial score (nSPS) is 12.8. The molecule has 1 nitrogen and oxygen atoms in total. The second-order valence-corrected chi connectivity index (χ2v) is 20.7. The fourth-order valence-corrected chi connectivity index (χ4v) is 19.9. The molecule has 146 valence electrons. The third-order valence-corrected chi connectivity index (χ3v) is 20.9. The van der Waals surface area contributed by atoms with Gasteiger partial charge in [-0.15, -0.1) is 0 Å². The molecule has 0 aliphatic carbocycles. The molecule has 0 amide bonds. The van der Waals surface area contributed by atoms with E-state index >= 15 is 0 Å². The van der Waals surface area contributed by atoms with Crippen LogP contribution < -0.4 is 0 Å². The zero-order valence-corrected chi connectivity index (χ0v) is 20.5. The first-order valence-electron chi connectivity index (χ1n) is 10.6. The summed E-state index contributed by atoms with van der Waals surface area (Å²) in [6.07, 6.45) is 15.3. The van der Waals surface area contributed by atoms with Crippen molar-refractivity contribution >= 4 is 24.5 Å². The SMILES string of the molecule is CCC[CH2][Sn]([CH2]CCC)([CH2]CCC)[C](=C\c1ccccc1)/C=C/COC. The molecule has 2 heteroatoms. The molecule has 1 rings (SSSR count). The van der Waals surface area contributed by atoms with Gasteiger partial charge in [0.15, 0.2) is 0 Å². The van der Waals surface area contributed by atoms with Gasteiger partial charge in [-0.1, -0.05) is 0 Å². The van der Waals surface area contributed by atoms with Crippen molar-refractivity contribution in [2.24, 2.45) is 0 Å². The predicted octanol–water partition coefficient (Wildman–Crippen LogP) is 7.66. The standard InChI is InChI=1S/C12H13O.3C4H9.Sn/c1-13-11-7-3-6-10-12-8-4-2-5-9-12;3*1-3-4-2;/h2-5,7-10H,11H2,1H3;3*1,3-4H2,2H3;/b7-3+,10-6?;;;;. The zero-order valence-electron chi connectivity index (χ0n) is 17.6. The Labute approximate surface area is 166 Å². The van der Waals surface area contributed by atoms with Crippen LogP contribution in [-0.4, -0.2) is 32.1 Å². The van der Waals surface area contributed by atoms with E-state index in [1.54, 1.807) is 10.7 Å². The molecule has 0 N–H and O–H groups in total. The number of ether oxygens (including phenoxy) is 1. The molecule has 0 aliphatic rings. The van der Waals surface area contributed by atoms with E-state index in [9.17, 15) is 0 Å². The van der Waals surface area contributed by atoms with Crippen LogP contribution in [0, 0.1) is 0 Å². The Hall–Kier alpha value is -0.541. The molecule has 0 spiro atoms. The fraction of sp³-hybridized carbons (Fsp3) is 0.583. The summed E-state index contributed by atoms with van der Waals surface area (Å²) in [6, 6.07) is 10.9. The molecule has 0 atom stereocenters. The molecule has 0 aliphatic heterocycles. The van der Waals surface area contributed by atoms with E-state index in [0.717, 1.165) is 0 Å². The molecular weight excluding hydrogens is 423 g/mol. The van der Waals surface area contributed by atoms with Crippen molar-refractivity contribution in [1.29, 1.82) is 0 Å². The van der Waals surface area contributed by atoms with E-state index in [1.807, 2.05) is 0 Å². The maximum atomic E-state index is 5.31. The van der Waals surface area contributed by atoms with Crippen molar-refractivity contribution in [3.05, 3.63) is 51.6 Å².